The second kappa shape index (κ2) is 3.05. The zero-order valence-electron chi connectivity index (χ0n) is 7.08. The lowest BCUT2D eigenvalue weighted by molar-refractivity contribution is 0.557. The van der Waals surface area contributed by atoms with Gasteiger partial charge >= 0.3 is 6.92 Å². The lowest BCUT2D eigenvalue weighted by atomic mass is 9.64. The number of pyridine rings is 1. The minimum absolute atomic E-state index is 0.293. The van der Waals surface area contributed by atoms with Crippen molar-refractivity contribution in [1.82, 2.24) is 4.98 Å². The van der Waals surface area contributed by atoms with E-state index in [0.29, 0.717) is 6.92 Å². The largest absolute Gasteiger partial charge is 0.556 e. The summed E-state index contributed by atoms with van der Waals surface area (Å²) in [6.45, 7) is 2.41. The van der Waals surface area contributed by atoms with Crippen molar-refractivity contribution in [3.05, 3.63) is 18.3 Å². The van der Waals surface area contributed by atoms with Gasteiger partial charge < -0.3 is 9.97 Å². The summed E-state index contributed by atoms with van der Waals surface area (Å²) in [5.74, 6) is 1.73. The molecule has 1 aliphatic heterocycles. The highest BCUT2D eigenvalue weighted by Crippen LogP contribution is 2.25. The quantitative estimate of drug-likeness (QED) is 0.634. The maximum absolute atomic E-state index is 5.66. The Hall–Kier alpha value is -1.19. The van der Waals surface area contributed by atoms with Gasteiger partial charge in [-0.05, 0) is 18.5 Å². The molecule has 0 radical (unpaired) electrons. The molecule has 0 aliphatic carbocycles. The molecule has 1 N–H and O–H groups in total. The second-order valence-corrected chi connectivity index (χ2v) is 2.88. The SMILES string of the molecule is CCB1CNc2ncccc2O1. The van der Waals surface area contributed by atoms with Gasteiger partial charge in [0.15, 0.2) is 5.82 Å². The topological polar surface area (TPSA) is 34.2 Å². The van der Waals surface area contributed by atoms with E-state index < -0.39 is 0 Å². The van der Waals surface area contributed by atoms with E-state index >= 15 is 0 Å². The van der Waals surface area contributed by atoms with Crippen LogP contribution < -0.4 is 9.97 Å². The normalized spacial score (nSPS) is 14.6. The molecule has 3 nitrogen and oxygen atoms in total. The Morgan fingerprint density at radius 1 is 1.75 bits per heavy atom. The van der Waals surface area contributed by atoms with Gasteiger partial charge in [-0.2, -0.15) is 0 Å². The Morgan fingerprint density at radius 3 is 3.50 bits per heavy atom. The van der Waals surface area contributed by atoms with Crippen LogP contribution in [0.4, 0.5) is 5.82 Å². The summed E-state index contributed by atoms with van der Waals surface area (Å²) in [6, 6.07) is 3.83. The molecular formula is C8H11BN2O. The molecule has 0 amide bonds. The summed E-state index contributed by atoms with van der Waals surface area (Å²) in [5, 5.41) is 3.23. The maximum Gasteiger partial charge on any atom is 0.376 e. The molecule has 62 valence electrons. The fourth-order valence-corrected chi connectivity index (χ4v) is 1.28. The molecule has 0 atom stereocenters. The minimum atomic E-state index is 0.293. The zero-order chi connectivity index (χ0) is 8.39. The van der Waals surface area contributed by atoms with E-state index in [0.717, 1.165) is 24.3 Å². The highest BCUT2D eigenvalue weighted by Gasteiger charge is 2.22. The number of anilines is 1. The van der Waals surface area contributed by atoms with Crippen LogP contribution in [0, 0.1) is 0 Å². The van der Waals surface area contributed by atoms with Gasteiger partial charge in [0.05, 0.1) is 0 Å². The first-order valence-electron chi connectivity index (χ1n) is 4.25. The Balaban J connectivity index is 2.23. The third-order valence-electron chi connectivity index (χ3n) is 2.02. The molecule has 1 aromatic rings. The van der Waals surface area contributed by atoms with Crippen molar-refractivity contribution in [1.29, 1.82) is 0 Å². The number of nitrogens with one attached hydrogen (secondary N) is 1. The van der Waals surface area contributed by atoms with Gasteiger partial charge in [-0.1, -0.05) is 6.92 Å². The molecule has 0 bridgehead atoms. The van der Waals surface area contributed by atoms with Crippen molar-refractivity contribution in [3.8, 4) is 5.75 Å². The van der Waals surface area contributed by atoms with E-state index in [-0.39, 0.29) is 0 Å². The monoisotopic (exact) mass is 162 g/mol. The maximum atomic E-state index is 5.66. The number of nitrogens with zero attached hydrogens (tertiary/aromatic N) is 1. The number of rotatable bonds is 1. The van der Waals surface area contributed by atoms with Crippen LogP contribution in [0.15, 0.2) is 18.3 Å². The summed E-state index contributed by atoms with van der Waals surface area (Å²) in [5.41, 5.74) is 0. The Bertz CT molecular complexity index is 280. The van der Waals surface area contributed by atoms with E-state index in [1.54, 1.807) is 6.20 Å². The van der Waals surface area contributed by atoms with Crippen molar-refractivity contribution >= 4 is 12.7 Å². The molecule has 0 spiro atoms. The Morgan fingerprint density at radius 2 is 2.67 bits per heavy atom. The van der Waals surface area contributed by atoms with E-state index in [1.165, 1.54) is 0 Å². The van der Waals surface area contributed by atoms with Crippen molar-refractivity contribution < 1.29 is 4.65 Å². The number of hydrogen-bond acceptors (Lipinski definition) is 3. The van der Waals surface area contributed by atoms with Crippen molar-refractivity contribution in [2.75, 3.05) is 11.8 Å². The van der Waals surface area contributed by atoms with E-state index in [2.05, 4.69) is 17.2 Å². The van der Waals surface area contributed by atoms with E-state index in [9.17, 15) is 0 Å². The first kappa shape index (κ1) is 7.46. The van der Waals surface area contributed by atoms with Crippen LogP contribution >= 0.6 is 0 Å². The third kappa shape index (κ3) is 1.24. The molecule has 0 unspecified atom stereocenters. The van der Waals surface area contributed by atoms with Gasteiger partial charge in [0, 0.05) is 12.6 Å². The third-order valence-corrected chi connectivity index (χ3v) is 2.02. The summed E-state index contributed by atoms with van der Waals surface area (Å²) in [6.07, 6.45) is 3.66. The summed E-state index contributed by atoms with van der Waals surface area (Å²) in [4.78, 5) is 4.15. The van der Waals surface area contributed by atoms with Gasteiger partial charge in [-0.15, -0.1) is 0 Å². The lowest BCUT2D eigenvalue weighted by Crippen LogP contribution is -2.34. The molecule has 4 heteroatoms. The molecule has 0 saturated carbocycles. The van der Waals surface area contributed by atoms with Crippen LogP contribution in [0.25, 0.3) is 0 Å². The van der Waals surface area contributed by atoms with Crippen molar-refractivity contribution in [2.24, 2.45) is 0 Å². The van der Waals surface area contributed by atoms with Crippen LogP contribution in [0.1, 0.15) is 6.92 Å². The van der Waals surface area contributed by atoms with Crippen LogP contribution in [-0.2, 0) is 0 Å². The van der Waals surface area contributed by atoms with E-state index in [4.69, 9.17) is 4.65 Å². The van der Waals surface area contributed by atoms with Gasteiger partial charge in [-0.25, -0.2) is 4.98 Å². The predicted molar refractivity (Wildman–Crippen MR) is 49.6 cm³/mol. The standard InChI is InChI=1S/C8H11BN2O/c1-2-9-6-11-8-7(12-9)4-3-5-10-8/h3-5H,2,6H2,1H3,(H,10,11). The van der Waals surface area contributed by atoms with Crippen molar-refractivity contribution in [3.63, 3.8) is 0 Å². The van der Waals surface area contributed by atoms with E-state index in [1.807, 2.05) is 12.1 Å². The molecule has 1 aliphatic rings. The molecule has 0 saturated heterocycles. The fraction of sp³-hybridized carbons (Fsp3) is 0.375. The molecule has 2 rings (SSSR count). The number of aromatic nitrogens is 1. The van der Waals surface area contributed by atoms with Gasteiger partial charge in [0.1, 0.15) is 5.75 Å². The van der Waals surface area contributed by atoms with Crippen LogP contribution in [0.5, 0.6) is 5.75 Å². The summed E-state index contributed by atoms with van der Waals surface area (Å²) in [7, 11) is 0. The average molecular weight is 162 g/mol. The van der Waals surface area contributed by atoms with Crippen LogP contribution in [-0.4, -0.2) is 18.3 Å². The smallest absolute Gasteiger partial charge is 0.376 e. The zero-order valence-corrected chi connectivity index (χ0v) is 7.08. The van der Waals surface area contributed by atoms with Gasteiger partial charge in [0.2, 0.25) is 0 Å². The first-order valence-corrected chi connectivity index (χ1v) is 4.25. The predicted octanol–water partition coefficient (Wildman–Crippen LogP) is 1.44. The fourth-order valence-electron chi connectivity index (χ4n) is 1.28. The first-order chi connectivity index (χ1) is 5.90. The second-order valence-electron chi connectivity index (χ2n) is 2.88. The average Bonchev–Trinajstić information content (AvgIpc) is 2.17. The summed E-state index contributed by atoms with van der Waals surface area (Å²) < 4.78 is 5.66. The summed E-state index contributed by atoms with van der Waals surface area (Å²) >= 11 is 0. The van der Waals surface area contributed by atoms with Gasteiger partial charge in [0.25, 0.3) is 0 Å². The number of fused-ring (bicyclic) bond motifs is 1. The molecule has 0 aromatic carbocycles. The minimum Gasteiger partial charge on any atom is -0.556 e. The van der Waals surface area contributed by atoms with Crippen LogP contribution in [0.2, 0.25) is 6.32 Å². The molecule has 1 aromatic heterocycles. The van der Waals surface area contributed by atoms with Gasteiger partial charge in [-0.3, -0.25) is 0 Å². The molecule has 0 fully saturated rings. The molecule has 2 heterocycles. The van der Waals surface area contributed by atoms with Crippen LogP contribution in [0.3, 0.4) is 0 Å². The highest BCUT2D eigenvalue weighted by atomic mass is 16.4. The lowest BCUT2D eigenvalue weighted by Gasteiger charge is -2.22. The highest BCUT2D eigenvalue weighted by molar-refractivity contribution is 6.54. The Labute approximate surface area is 72.3 Å². The molecular weight excluding hydrogens is 151 g/mol. The number of hydrogen-bond donors (Lipinski definition) is 1. The Kier molecular flexibility index (Phi) is 1.90. The van der Waals surface area contributed by atoms with Crippen molar-refractivity contribution in [2.45, 2.75) is 13.2 Å². The molecule has 12 heavy (non-hydrogen) atoms.